The van der Waals surface area contributed by atoms with E-state index in [1.807, 2.05) is 12.1 Å². The Bertz CT molecular complexity index is 2530. The quantitative estimate of drug-likeness (QED) is 0.146. The third kappa shape index (κ3) is 3.97. The number of furan rings is 1. The first-order valence-corrected chi connectivity index (χ1v) is 17.8. The maximum Gasteiger partial charge on any atom is 0.184 e. The zero-order valence-corrected chi connectivity index (χ0v) is 26.5. The summed E-state index contributed by atoms with van der Waals surface area (Å²) < 4.78 is 9.14. The van der Waals surface area contributed by atoms with Gasteiger partial charge in [0.25, 0.3) is 0 Å². The van der Waals surface area contributed by atoms with E-state index in [-0.39, 0.29) is 0 Å². The summed E-state index contributed by atoms with van der Waals surface area (Å²) in [5, 5.41) is 19.6. The molecule has 220 valence electrons. The van der Waals surface area contributed by atoms with E-state index in [0.29, 0.717) is 5.56 Å². The third-order valence-electron chi connectivity index (χ3n) is 9.58. The highest BCUT2D eigenvalue weighted by Gasteiger charge is 2.43. The van der Waals surface area contributed by atoms with Gasteiger partial charge in [-0.25, -0.2) is 0 Å². The van der Waals surface area contributed by atoms with Crippen LogP contribution in [-0.2, 0) is 0 Å². The lowest BCUT2D eigenvalue weighted by Gasteiger charge is -2.34. The standard InChI is InChI=1S/C43H28N2OSi/c44-29-30-14-12-22-36-35-21-10-11-24-39(35)45(42(30)36)31-26-27-40-38(28-31)37-23-13-25-41(43(37)46-40)47(32-15-4-1-5-16-32,33-17-6-2-7-18-33)34-19-8-3-9-20-34/h1-28H. The van der Waals surface area contributed by atoms with Gasteiger partial charge in [0.2, 0.25) is 0 Å². The molecule has 9 rings (SSSR count). The Hall–Kier alpha value is -6.15. The predicted octanol–water partition coefficient (Wildman–Crippen LogP) is 7.93. The number of nitrogens with zero attached hydrogens (tertiary/aromatic N) is 2. The van der Waals surface area contributed by atoms with E-state index >= 15 is 0 Å². The highest BCUT2D eigenvalue weighted by atomic mass is 28.3. The summed E-state index contributed by atoms with van der Waals surface area (Å²) in [5.41, 5.74) is 5.41. The fourth-order valence-electron chi connectivity index (χ4n) is 7.63. The van der Waals surface area contributed by atoms with Crippen molar-refractivity contribution in [3.05, 3.63) is 175 Å². The van der Waals surface area contributed by atoms with Gasteiger partial charge < -0.3 is 8.98 Å². The zero-order valence-electron chi connectivity index (χ0n) is 25.5. The molecule has 4 heteroatoms. The van der Waals surface area contributed by atoms with Crippen molar-refractivity contribution in [1.82, 2.24) is 4.57 Å². The minimum absolute atomic E-state index is 0.655. The SMILES string of the molecule is N#Cc1cccc2c3ccccc3n(-c3ccc4oc5c([Si](c6ccccc6)(c6ccccc6)c6ccccc6)cccc5c4c3)c12. The van der Waals surface area contributed by atoms with Crippen LogP contribution in [0.3, 0.4) is 0 Å². The van der Waals surface area contributed by atoms with Gasteiger partial charge in [-0.15, -0.1) is 0 Å². The molecule has 0 saturated heterocycles. The second-order valence-corrected chi connectivity index (χ2v) is 15.7. The molecule has 7 aromatic carbocycles. The van der Waals surface area contributed by atoms with Crippen LogP contribution in [-0.4, -0.2) is 12.6 Å². The van der Waals surface area contributed by atoms with Crippen LogP contribution in [0.15, 0.2) is 174 Å². The maximum absolute atomic E-state index is 10.1. The number of benzene rings is 7. The fraction of sp³-hybridized carbons (Fsp3) is 0. The second-order valence-electron chi connectivity index (χ2n) is 12.0. The monoisotopic (exact) mass is 616 g/mol. The minimum Gasteiger partial charge on any atom is -0.456 e. The number of aromatic nitrogens is 1. The van der Waals surface area contributed by atoms with Gasteiger partial charge >= 0.3 is 0 Å². The smallest absolute Gasteiger partial charge is 0.184 e. The van der Waals surface area contributed by atoms with Crippen molar-refractivity contribution in [2.75, 3.05) is 0 Å². The molecule has 0 aliphatic heterocycles. The van der Waals surface area contributed by atoms with Crippen LogP contribution in [0.25, 0.3) is 49.4 Å². The molecule has 0 aliphatic rings. The van der Waals surface area contributed by atoms with Crippen LogP contribution in [0.2, 0.25) is 0 Å². The Kier molecular flexibility index (Phi) is 6.21. The van der Waals surface area contributed by atoms with Crippen molar-refractivity contribution >= 4 is 72.6 Å². The average molecular weight is 617 g/mol. The lowest BCUT2D eigenvalue weighted by Crippen LogP contribution is -2.74. The van der Waals surface area contributed by atoms with Crippen LogP contribution in [0, 0.1) is 11.3 Å². The molecule has 47 heavy (non-hydrogen) atoms. The first-order chi connectivity index (χ1) is 23.3. The number of rotatable bonds is 5. The molecule has 2 heterocycles. The topological polar surface area (TPSA) is 41.9 Å². The summed E-state index contributed by atoms with van der Waals surface area (Å²) in [5.74, 6) is 0. The predicted molar refractivity (Wildman–Crippen MR) is 196 cm³/mol. The largest absolute Gasteiger partial charge is 0.456 e. The summed E-state index contributed by atoms with van der Waals surface area (Å²) in [6, 6.07) is 62.7. The van der Waals surface area contributed by atoms with E-state index < -0.39 is 8.07 Å². The molecule has 9 aromatic rings. The molecule has 0 fully saturated rings. The summed E-state index contributed by atoms with van der Waals surface area (Å²) in [7, 11) is -2.81. The summed E-state index contributed by atoms with van der Waals surface area (Å²) >= 11 is 0. The number of fused-ring (bicyclic) bond motifs is 6. The first-order valence-electron chi connectivity index (χ1n) is 15.8. The van der Waals surface area contributed by atoms with Gasteiger partial charge in [0, 0.05) is 27.2 Å². The van der Waals surface area contributed by atoms with Crippen molar-refractivity contribution in [3.63, 3.8) is 0 Å². The van der Waals surface area contributed by atoms with Crippen LogP contribution in [0.4, 0.5) is 0 Å². The van der Waals surface area contributed by atoms with Crippen molar-refractivity contribution in [2.45, 2.75) is 0 Å². The van der Waals surface area contributed by atoms with E-state index in [1.54, 1.807) is 0 Å². The van der Waals surface area contributed by atoms with Gasteiger partial charge in [0.05, 0.1) is 16.6 Å². The van der Waals surface area contributed by atoms with Gasteiger partial charge in [-0.2, -0.15) is 5.26 Å². The Morgan fingerprint density at radius 1 is 0.511 bits per heavy atom. The first kappa shape index (κ1) is 27.2. The van der Waals surface area contributed by atoms with E-state index in [1.165, 1.54) is 20.7 Å². The van der Waals surface area contributed by atoms with E-state index in [2.05, 4.69) is 168 Å². The van der Waals surface area contributed by atoms with Crippen LogP contribution >= 0.6 is 0 Å². The van der Waals surface area contributed by atoms with Crippen LogP contribution < -0.4 is 20.7 Å². The van der Waals surface area contributed by atoms with Gasteiger partial charge in [-0.3, -0.25) is 0 Å². The van der Waals surface area contributed by atoms with Gasteiger partial charge in [-0.1, -0.05) is 140 Å². The van der Waals surface area contributed by atoms with Gasteiger partial charge in [0.15, 0.2) is 8.07 Å². The van der Waals surface area contributed by atoms with Crippen molar-refractivity contribution in [1.29, 1.82) is 5.26 Å². The second kappa shape index (κ2) is 10.7. The molecule has 0 aliphatic carbocycles. The number of nitriles is 1. The molecule has 0 atom stereocenters. The summed E-state index contributed by atoms with van der Waals surface area (Å²) in [6.45, 7) is 0. The molecule has 0 bridgehead atoms. The normalized spacial score (nSPS) is 11.8. The Morgan fingerprint density at radius 3 is 1.74 bits per heavy atom. The number of para-hydroxylation sites is 3. The molecule has 0 amide bonds. The molecule has 0 N–H and O–H groups in total. The maximum atomic E-state index is 10.1. The van der Waals surface area contributed by atoms with E-state index in [9.17, 15) is 5.26 Å². The Morgan fingerprint density at radius 2 is 1.09 bits per heavy atom. The molecule has 0 spiro atoms. The van der Waals surface area contributed by atoms with Crippen LogP contribution in [0.5, 0.6) is 0 Å². The molecular weight excluding hydrogens is 589 g/mol. The highest BCUT2D eigenvalue weighted by molar-refractivity contribution is 7.20. The molecule has 0 radical (unpaired) electrons. The fourth-order valence-corrected chi connectivity index (χ4v) is 12.5. The lowest BCUT2D eigenvalue weighted by atomic mass is 10.1. The highest BCUT2D eigenvalue weighted by Crippen LogP contribution is 2.36. The minimum atomic E-state index is -2.81. The van der Waals surface area contributed by atoms with Crippen molar-refractivity contribution in [2.24, 2.45) is 0 Å². The van der Waals surface area contributed by atoms with Crippen molar-refractivity contribution < 1.29 is 4.42 Å². The van der Waals surface area contributed by atoms with Gasteiger partial charge in [-0.05, 0) is 51.1 Å². The zero-order chi connectivity index (χ0) is 31.4. The van der Waals surface area contributed by atoms with Crippen molar-refractivity contribution in [3.8, 4) is 11.8 Å². The third-order valence-corrected chi connectivity index (χ3v) is 14.4. The summed E-state index contributed by atoms with van der Waals surface area (Å²) in [4.78, 5) is 0. The molecular formula is C43H28N2OSi. The lowest BCUT2D eigenvalue weighted by molar-refractivity contribution is 0.671. The average Bonchev–Trinajstić information content (AvgIpc) is 3.69. The molecule has 3 nitrogen and oxygen atoms in total. The number of hydrogen-bond acceptors (Lipinski definition) is 2. The van der Waals surface area contributed by atoms with E-state index in [0.717, 1.165) is 49.4 Å². The van der Waals surface area contributed by atoms with E-state index in [4.69, 9.17) is 4.42 Å². The number of hydrogen-bond donors (Lipinski definition) is 0. The Balaban J connectivity index is 1.37. The molecule has 2 aromatic heterocycles. The molecule has 0 unspecified atom stereocenters. The van der Waals surface area contributed by atoms with Crippen LogP contribution in [0.1, 0.15) is 5.56 Å². The Labute approximate surface area is 273 Å². The summed E-state index contributed by atoms with van der Waals surface area (Å²) in [6.07, 6.45) is 0. The van der Waals surface area contributed by atoms with Gasteiger partial charge in [0.1, 0.15) is 17.2 Å². The molecule has 0 saturated carbocycles.